The second kappa shape index (κ2) is 4.80. The number of aliphatic hydroxyl groups excluding tert-OH is 1. The van der Waals surface area contributed by atoms with Crippen LogP contribution in [0, 0.1) is 0 Å². The molecule has 1 unspecified atom stereocenters. The van der Waals surface area contributed by atoms with E-state index in [1.807, 2.05) is 14.0 Å². The van der Waals surface area contributed by atoms with Crippen molar-refractivity contribution in [1.29, 1.82) is 0 Å². The molecule has 72 valence electrons. The average Bonchev–Trinajstić information content (AvgIpc) is 2.03. The molecular weight excluding hydrogens is 152 g/mol. The van der Waals surface area contributed by atoms with Crippen molar-refractivity contribution in [3.05, 3.63) is 0 Å². The van der Waals surface area contributed by atoms with Crippen molar-refractivity contribution in [3.8, 4) is 0 Å². The zero-order chi connectivity index (χ0) is 8.97. The quantitative estimate of drug-likeness (QED) is 0.631. The molecule has 0 aliphatic carbocycles. The molecule has 0 spiro atoms. The highest BCUT2D eigenvalue weighted by Gasteiger charge is 2.18. The maximum atomic E-state index is 9.20. The predicted octanol–water partition coefficient (Wildman–Crippen LogP) is 0.0510. The van der Waals surface area contributed by atoms with Crippen LogP contribution in [-0.4, -0.2) is 48.8 Å². The first-order valence-electron chi connectivity index (χ1n) is 4.80. The third-order valence-corrected chi connectivity index (χ3v) is 2.44. The van der Waals surface area contributed by atoms with Gasteiger partial charge in [0.1, 0.15) is 0 Å². The average molecular weight is 172 g/mol. The molecule has 3 heteroatoms. The Hall–Kier alpha value is -0.120. The third kappa shape index (κ3) is 3.09. The lowest BCUT2D eigenvalue weighted by Crippen LogP contribution is -2.46. The van der Waals surface area contributed by atoms with Gasteiger partial charge in [-0.3, -0.25) is 4.90 Å². The molecule has 1 saturated heterocycles. The summed E-state index contributed by atoms with van der Waals surface area (Å²) in [5.74, 6) is 0. The Labute approximate surface area is 74.8 Å². The van der Waals surface area contributed by atoms with Crippen LogP contribution in [0.4, 0.5) is 0 Å². The summed E-state index contributed by atoms with van der Waals surface area (Å²) >= 11 is 0. The Bertz CT molecular complexity index is 128. The van der Waals surface area contributed by atoms with Gasteiger partial charge in [0.2, 0.25) is 0 Å². The zero-order valence-electron chi connectivity index (χ0n) is 8.08. The molecule has 1 fully saturated rings. The lowest BCUT2D eigenvalue weighted by atomic mass is 10.1. The van der Waals surface area contributed by atoms with Gasteiger partial charge in [0.25, 0.3) is 0 Å². The Morgan fingerprint density at radius 2 is 2.42 bits per heavy atom. The van der Waals surface area contributed by atoms with Crippen molar-refractivity contribution in [1.82, 2.24) is 10.2 Å². The summed E-state index contributed by atoms with van der Waals surface area (Å²) in [7, 11) is 2.01. The summed E-state index contributed by atoms with van der Waals surface area (Å²) in [5, 5.41) is 12.5. The SMILES string of the molecule is CNC1CCCN(C[C@@H](C)O)C1. The molecule has 1 heterocycles. The molecule has 0 aromatic heterocycles. The summed E-state index contributed by atoms with van der Waals surface area (Å²) in [6.45, 7) is 4.89. The Morgan fingerprint density at radius 3 is 3.00 bits per heavy atom. The second-order valence-electron chi connectivity index (χ2n) is 3.74. The Morgan fingerprint density at radius 1 is 1.67 bits per heavy atom. The number of piperidine rings is 1. The van der Waals surface area contributed by atoms with Crippen LogP contribution in [0.15, 0.2) is 0 Å². The van der Waals surface area contributed by atoms with E-state index in [1.54, 1.807) is 0 Å². The highest BCUT2D eigenvalue weighted by Crippen LogP contribution is 2.09. The largest absolute Gasteiger partial charge is 0.392 e. The molecule has 1 rings (SSSR count). The highest BCUT2D eigenvalue weighted by atomic mass is 16.3. The van der Waals surface area contributed by atoms with Crippen LogP contribution in [0.25, 0.3) is 0 Å². The number of hydrogen-bond donors (Lipinski definition) is 2. The number of nitrogens with zero attached hydrogens (tertiary/aromatic N) is 1. The van der Waals surface area contributed by atoms with Gasteiger partial charge in [-0.15, -0.1) is 0 Å². The molecule has 12 heavy (non-hydrogen) atoms. The van der Waals surface area contributed by atoms with E-state index in [9.17, 15) is 5.11 Å². The molecule has 0 saturated carbocycles. The molecule has 0 aromatic carbocycles. The minimum atomic E-state index is -0.194. The van der Waals surface area contributed by atoms with E-state index in [0.717, 1.165) is 19.6 Å². The zero-order valence-corrected chi connectivity index (χ0v) is 8.08. The fraction of sp³-hybridized carbons (Fsp3) is 1.00. The van der Waals surface area contributed by atoms with Gasteiger partial charge < -0.3 is 10.4 Å². The fourth-order valence-corrected chi connectivity index (χ4v) is 1.83. The summed E-state index contributed by atoms with van der Waals surface area (Å²) in [4.78, 5) is 2.33. The summed E-state index contributed by atoms with van der Waals surface area (Å²) in [5.41, 5.74) is 0. The van der Waals surface area contributed by atoms with Crippen molar-refractivity contribution in [2.75, 3.05) is 26.7 Å². The van der Waals surface area contributed by atoms with Crippen LogP contribution in [0.3, 0.4) is 0 Å². The summed E-state index contributed by atoms with van der Waals surface area (Å²) < 4.78 is 0. The molecule has 3 nitrogen and oxygen atoms in total. The number of hydrogen-bond acceptors (Lipinski definition) is 3. The monoisotopic (exact) mass is 172 g/mol. The van der Waals surface area contributed by atoms with E-state index >= 15 is 0 Å². The van der Waals surface area contributed by atoms with Crippen LogP contribution >= 0.6 is 0 Å². The predicted molar refractivity (Wildman–Crippen MR) is 50.2 cm³/mol. The van der Waals surface area contributed by atoms with Crippen LogP contribution < -0.4 is 5.32 Å². The van der Waals surface area contributed by atoms with Crippen molar-refractivity contribution in [2.24, 2.45) is 0 Å². The van der Waals surface area contributed by atoms with Gasteiger partial charge in [0.15, 0.2) is 0 Å². The van der Waals surface area contributed by atoms with E-state index in [-0.39, 0.29) is 6.10 Å². The van der Waals surface area contributed by atoms with Gasteiger partial charge in [0, 0.05) is 19.1 Å². The molecule has 0 radical (unpaired) electrons. The first-order valence-corrected chi connectivity index (χ1v) is 4.80. The van der Waals surface area contributed by atoms with E-state index in [0.29, 0.717) is 6.04 Å². The van der Waals surface area contributed by atoms with Gasteiger partial charge in [-0.1, -0.05) is 0 Å². The number of likely N-dealkylation sites (N-methyl/N-ethyl adjacent to an activating group) is 1. The molecule has 1 aliphatic heterocycles. The standard InChI is InChI=1S/C9H20N2O/c1-8(12)6-11-5-3-4-9(7-11)10-2/h8-10,12H,3-7H2,1-2H3/t8-,9?/m1/s1. The maximum absolute atomic E-state index is 9.20. The lowest BCUT2D eigenvalue weighted by molar-refractivity contribution is 0.104. The van der Waals surface area contributed by atoms with Crippen molar-refractivity contribution >= 4 is 0 Å². The minimum absolute atomic E-state index is 0.194. The van der Waals surface area contributed by atoms with Crippen LogP contribution in [-0.2, 0) is 0 Å². The van der Waals surface area contributed by atoms with Gasteiger partial charge >= 0.3 is 0 Å². The number of β-amino-alcohol motifs (C(OH)–C–C–N with tert-alkyl or cyclic N) is 1. The number of aliphatic hydroxyl groups is 1. The first kappa shape index (κ1) is 9.96. The van der Waals surface area contributed by atoms with Crippen molar-refractivity contribution in [2.45, 2.75) is 31.9 Å². The molecule has 2 atom stereocenters. The first-order chi connectivity index (χ1) is 5.72. The van der Waals surface area contributed by atoms with E-state index < -0.39 is 0 Å². The summed E-state index contributed by atoms with van der Waals surface area (Å²) in [6.07, 6.45) is 2.33. The van der Waals surface area contributed by atoms with Crippen LogP contribution in [0.5, 0.6) is 0 Å². The van der Waals surface area contributed by atoms with Crippen molar-refractivity contribution in [3.63, 3.8) is 0 Å². The molecule has 2 N–H and O–H groups in total. The molecular formula is C9H20N2O. The summed E-state index contributed by atoms with van der Waals surface area (Å²) in [6, 6.07) is 0.623. The van der Waals surface area contributed by atoms with Gasteiger partial charge in [-0.25, -0.2) is 0 Å². The van der Waals surface area contributed by atoms with Crippen LogP contribution in [0.1, 0.15) is 19.8 Å². The maximum Gasteiger partial charge on any atom is 0.0639 e. The molecule has 0 bridgehead atoms. The van der Waals surface area contributed by atoms with Gasteiger partial charge in [-0.05, 0) is 33.4 Å². The number of nitrogens with one attached hydrogen (secondary N) is 1. The third-order valence-electron chi connectivity index (χ3n) is 2.44. The molecule has 0 amide bonds. The molecule has 1 aliphatic rings. The minimum Gasteiger partial charge on any atom is -0.392 e. The Balaban J connectivity index is 2.25. The Kier molecular flexibility index (Phi) is 3.98. The van der Waals surface area contributed by atoms with Crippen molar-refractivity contribution < 1.29 is 5.11 Å². The van der Waals surface area contributed by atoms with Gasteiger partial charge in [0.05, 0.1) is 6.10 Å². The topological polar surface area (TPSA) is 35.5 Å². The number of likely N-dealkylation sites (tertiary alicyclic amines) is 1. The highest BCUT2D eigenvalue weighted by molar-refractivity contribution is 4.77. The second-order valence-corrected chi connectivity index (χ2v) is 3.74. The fourth-order valence-electron chi connectivity index (χ4n) is 1.83. The van der Waals surface area contributed by atoms with E-state index in [4.69, 9.17) is 0 Å². The van der Waals surface area contributed by atoms with E-state index in [2.05, 4.69) is 10.2 Å². The smallest absolute Gasteiger partial charge is 0.0639 e. The lowest BCUT2D eigenvalue weighted by Gasteiger charge is -2.33. The van der Waals surface area contributed by atoms with E-state index in [1.165, 1.54) is 12.8 Å². The normalized spacial score (nSPS) is 28.8. The van der Waals surface area contributed by atoms with Crippen LogP contribution in [0.2, 0.25) is 0 Å². The molecule has 0 aromatic rings. The number of rotatable bonds is 3. The van der Waals surface area contributed by atoms with Gasteiger partial charge in [-0.2, -0.15) is 0 Å².